The fraction of sp³-hybridized carbons (Fsp3) is 0.333. The molecule has 0 amide bonds. The molecule has 6 heteroatoms. The normalized spacial score (nSPS) is 14.9. The van der Waals surface area contributed by atoms with Gasteiger partial charge in [-0.15, -0.1) is 0 Å². The van der Waals surface area contributed by atoms with Gasteiger partial charge >= 0.3 is 0 Å². The first-order chi connectivity index (χ1) is 8.70. The van der Waals surface area contributed by atoms with E-state index in [2.05, 4.69) is 16.3 Å². The quantitative estimate of drug-likeness (QED) is 0.776. The second-order valence-corrected chi connectivity index (χ2v) is 4.37. The monoisotopic (exact) mass is 262 g/mol. The summed E-state index contributed by atoms with van der Waals surface area (Å²) >= 11 is 4.86. The van der Waals surface area contributed by atoms with Crippen molar-refractivity contribution >= 4 is 28.7 Å². The van der Waals surface area contributed by atoms with E-state index in [4.69, 9.17) is 28.0 Å². The first-order valence-corrected chi connectivity index (χ1v) is 6.05. The van der Waals surface area contributed by atoms with Crippen LogP contribution in [0.3, 0.4) is 0 Å². The topological polar surface area (TPSA) is 74.3 Å². The van der Waals surface area contributed by atoms with Crippen LogP contribution in [0.2, 0.25) is 0 Å². The minimum absolute atomic E-state index is 0.194. The Bertz CT molecular complexity index is 491. The summed E-state index contributed by atoms with van der Waals surface area (Å²) < 4.78 is 5.32. The molecule has 18 heavy (non-hydrogen) atoms. The van der Waals surface area contributed by atoms with E-state index in [1.54, 1.807) is 12.1 Å². The largest absolute Gasteiger partial charge is 0.378 e. The first kappa shape index (κ1) is 12.6. The van der Waals surface area contributed by atoms with Gasteiger partial charge in [-0.05, 0) is 30.4 Å². The number of nitrogens with one attached hydrogen (secondary N) is 1. The second-order valence-electron chi connectivity index (χ2n) is 3.93. The molecular formula is C12H14N4OS. The maximum atomic E-state index is 8.92. The van der Waals surface area contributed by atoms with Crippen molar-refractivity contribution in [3.63, 3.8) is 0 Å². The van der Waals surface area contributed by atoms with Gasteiger partial charge in [0.25, 0.3) is 0 Å². The molecule has 1 fully saturated rings. The zero-order valence-electron chi connectivity index (χ0n) is 9.85. The predicted molar refractivity (Wildman–Crippen MR) is 74.6 cm³/mol. The van der Waals surface area contributed by atoms with Gasteiger partial charge in [0.05, 0.1) is 36.2 Å². The summed E-state index contributed by atoms with van der Waals surface area (Å²) in [5.41, 5.74) is 7.84. The smallest absolute Gasteiger partial charge is 0.168 e. The SMILES string of the molecule is N#Cc1ccc(N2CCOCC2)c(NC(N)=S)c1. The van der Waals surface area contributed by atoms with Gasteiger partial charge in [0.2, 0.25) is 0 Å². The third-order valence-electron chi connectivity index (χ3n) is 2.74. The molecule has 1 aromatic carbocycles. The maximum absolute atomic E-state index is 8.92. The Morgan fingerprint density at radius 3 is 2.78 bits per heavy atom. The summed E-state index contributed by atoms with van der Waals surface area (Å²) in [6.07, 6.45) is 0. The number of nitriles is 1. The van der Waals surface area contributed by atoms with Crippen molar-refractivity contribution in [3.05, 3.63) is 23.8 Å². The van der Waals surface area contributed by atoms with E-state index in [1.165, 1.54) is 0 Å². The lowest BCUT2D eigenvalue weighted by molar-refractivity contribution is 0.123. The Balaban J connectivity index is 2.32. The molecule has 1 aliphatic rings. The van der Waals surface area contributed by atoms with E-state index in [0.29, 0.717) is 18.8 Å². The van der Waals surface area contributed by atoms with Gasteiger partial charge in [0.15, 0.2) is 5.11 Å². The first-order valence-electron chi connectivity index (χ1n) is 5.64. The molecule has 5 nitrogen and oxygen atoms in total. The van der Waals surface area contributed by atoms with Crippen LogP contribution in [0.25, 0.3) is 0 Å². The summed E-state index contributed by atoms with van der Waals surface area (Å²) in [4.78, 5) is 2.19. The Labute approximate surface area is 111 Å². The molecule has 0 saturated carbocycles. The molecule has 0 aromatic heterocycles. The van der Waals surface area contributed by atoms with Crippen LogP contribution >= 0.6 is 12.2 Å². The molecule has 0 atom stereocenters. The summed E-state index contributed by atoms with van der Waals surface area (Å²) in [6.45, 7) is 3.04. The number of morpholine rings is 1. The molecule has 0 radical (unpaired) electrons. The third-order valence-corrected chi connectivity index (χ3v) is 2.84. The van der Waals surface area contributed by atoms with E-state index < -0.39 is 0 Å². The molecule has 0 aliphatic carbocycles. The van der Waals surface area contributed by atoms with Crippen molar-refractivity contribution in [3.8, 4) is 6.07 Å². The average molecular weight is 262 g/mol. The van der Waals surface area contributed by atoms with E-state index >= 15 is 0 Å². The van der Waals surface area contributed by atoms with Gasteiger partial charge in [-0.1, -0.05) is 0 Å². The maximum Gasteiger partial charge on any atom is 0.168 e. The molecular weight excluding hydrogens is 248 g/mol. The fourth-order valence-electron chi connectivity index (χ4n) is 1.92. The minimum Gasteiger partial charge on any atom is -0.378 e. The zero-order chi connectivity index (χ0) is 13.0. The highest BCUT2D eigenvalue weighted by Crippen LogP contribution is 2.27. The van der Waals surface area contributed by atoms with E-state index in [1.807, 2.05) is 6.07 Å². The molecule has 0 bridgehead atoms. The number of nitrogens with zero attached hydrogens (tertiary/aromatic N) is 2. The lowest BCUT2D eigenvalue weighted by Crippen LogP contribution is -2.37. The van der Waals surface area contributed by atoms with Gasteiger partial charge in [-0.3, -0.25) is 0 Å². The Morgan fingerprint density at radius 2 is 2.17 bits per heavy atom. The minimum atomic E-state index is 0.194. The predicted octanol–water partition coefficient (Wildman–Crippen LogP) is 1.05. The number of ether oxygens (including phenoxy) is 1. The molecule has 94 valence electrons. The fourth-order valence-corrected chi connectivity index (χ4v) is 2.03. The second kappa shape index (κ2) is 5.67. The van der Waals surface area contributed by atoms with Crippen molar-refractivity contribution in [2.45, 2.75) is 0 Å². The number of thiocarbonyl (C=S) groups is 1. The number of nitrogens with two attached hydrogens (primary N) is 1. The summed E-state index contributed by atoms with van der Waals surface area (Å²) in [6, 6.07) is 7.55. The number of anilines is 2. The van der Waals surface area contributed by atoms with E-state index in [9.17, 15) is 0 Å². The molecule has 1 saturated heterocycles. The number of hydrogen-bond acceptors (Lipinski definition) is 4. The van der Waals surface area contributed by atoms with Gasteiger partial charge < -0.3 is 20.7 Å². The molecule has 3 N–H and O–H groups in total. The standard InChI is InChI=1S/C12H14N4OS/c13-8-9-1-2-11(10(7-9)15-12(14)18)16-3-5-17-6-4-16/h1-2,7H,3-6H2,(H3,14,15,18). The number of hydrogen-bond donors (Lipinski definition) is 2. The van der Waals surface area contributed by atoms with Gasteiger partial charge in [-0.2, -0.15) is 5.26 Å². The highest BCUT2D eigenvalue weighted by Gasteiger charge is 2.15. The van der Waals surface area contributed by atoms with Gasteiger partial charge in [0.1, 0.15) is 0 Å². The molecule has 1 heterocycles. The van der Waals surface area contributed by atoms with Crippen LogP contribution in [0.4, 0.5) is 11.4 Å². The van der Waals surface area contributed by atoms with Gasteiger partial charge in [-0.25, -0.2) is 0 Å². The number of rotatable bonds is 2. The average Bonchev–Trinajstić information content (AvgIpc) is 2.39. The van der Waals surface area contributed by atoms with Crippen molar-refractivity contribution in [2.75, 3.05) is 36.5 Å². The highest BCUT2D eigenvalue weighted by molar-refractivity contribution is 7.80. The van der Waals surface area contributed by atoms with Crippen LogP contribution in [0.5, 0.6) is 0 Å². The van der Waals surface area contributed by atoms with Crippen LogP contribution in [0.15, 0.2) is 18.2 Å². The van der Waals surface area contributed by atoms with Crippen molar-refractivity contribution in [1.29, 1.82) is 5.26 Å². The Hall–Kier alpha value is -1.84. The van der Waals surface area contributed by atoms with Crippen molar-refractivity contribution in [1.82, 2.24) is 0 Å². The van der Waals surface area contributed by atoms with Crippen molar-refractivity contribution in [2.24, 2.45) is 5.73 Å². The molecule has 1 aliphatic heterocycles. The van der Waals surface area contributed by atoms with Crippen LogP contribution in [0.1, 0.15) is 5.56 Å². The van der Waals surface area contributed by atoms with Crippen LogP contribution < -0.4 is 16.0 Å². The van der Waals surface area contributed by atoms with E-state index in [0.717, 1.165) is 24.5 Å². The van der Waals surface area contributed by atoms with Crippen LogP contribution in [0, 0.1) is 11.3 Å². The van der Waals surface area contributed by atoms with Gasteiger partial charge in [0, 0.05) is 13.1 Å². The molecule has 0 unspecified atom stereocenters. The summed E-state index contributed by atoms with van der Waals surface area (Å²) in [7, 11) is 0. The highest BCUT2D eigenvalue weighted by atomic mass is 32.1. The van der Waals surface area contributed by atoms with Crippen LogP contribution in [-0.4, -0.2) is 31.4 Å². The molecule has 0 spiro atoms. The lowest BCUT2D eigenvalue weighted by atomic mass is 10.1. The lowest BCUT2D eigenvalue weighted by Gasteiger charge is -2.30. The Kier molecular flexibility index (Phi) is 3.97. The van der Waals surface area contributed by atoms with Crippen molar-refractivity contribution < 1.29 is 4.74 Å². The Morgan fingerprint density at radius 1 is 1.44 bits per heavy atom. The zero-order valence-corrected chi connectivity index (χ0v) is 10.7. The molecule has 1 aromatic rings. The van der Waals surface area contributed by atoms with Crippen LogP contribution in [-0.2, 0) is 4.74 Å². The van der Waals surface area contributed by atoms with E-state index in [-0.39, 0.29) is 5.11 Å². The number of benzene rings is 1. The summed E-state index contributed by atoms with van der Waals surface area (Å²) in [5.74, 6) is 0. The molecule has 2 rings (SSSR count). The third kappa shape index (κ3) is 2.88. The summed E-state index contributed by atoms with van der Waals surface area (Å²) in [5, 5.41) is 12.0.